The van der Waals surface area contributed by atoms with Crippen LogP contribution in [0, 0.1) is 10.8 Å². The highest BCUT2D eigenvalue weighted by Gasteiger charge is 2.34. The molecule has 0 unspecified atom stereocenters. The predicted molar refractivity (Wildman–Crippen MR) is 148 cm³/mol. The molecule has 178 valence electrons. The van der Waals surface area contributed by atoms with Crippen LogP contribution in [0.5, 0.6) is 0 Å². The van der Waals surface area contributed by atoms with Crippen LogP contribution in [-0.2, 0) is 4.79 Å². The zero-order chi connectivity index (χ0) is 25.2. The summed E-state index contributed by atoms with van der Waals surface area (Å²) in [7, 11) is 0. The van der Waals surface area contributed by atoms with Crippen molar-refractivity contribution < 1.29 is 4.79 Å². The number of hydrogen-bond acceptors (Lipinski definition) is 3. The summed E-state index contributed by atoms with van der Waals surface area (Å²) in [4.78, 5) is 20.4. The zero-order valence-corrected chi connectivity index (χ0v) is 21.5. The second-order valence-corrected chi connectivity index (χ2v) is 11.0. The van der Waals surface area contributed by atoms with Crippen molar-refractivity contribution in [1.29, 1.82) is 0 Å². The Kier molecular flexibility index (Phi) is 6.62. The summed E-state index contributed by atoms with van der Waals surface area (Å²) in [5.74, 6) is 0.126. The highest BCUT2D eigenvalue weighted by molar-refractivity contribution is 6.23. The highest BCUT2D eigenvalue weighted by atomic mass is 16.1. The normalized spacial score (nSPS) is 14.3. The Bertz CT molecular complexity index is 1210. The fourth-order valence-corrected chi connectivity index (χ4v) is 4.22. The molecule has 0 radical (unpaired) electrons. The molecule has 3 nitrogen and oxygen atoms in total. The van der Waals surface area contributed by atoms with Crippen molar-refractivity contribution in [1.82, 2.24) is 0 Å². The van der Waals surface area contributed by atoms with Gasteiger partial charge in [-0.15, -0.1) is 0 Å². The van der Waals surface area contributed by atoms with E-state index >= 15 is 0 Å². The monoisotopic (exact) mass is 462 g/mol. The molecule has 3 aromatic carbocycles. The van der Waals surface area contributed by atoms with Crippen molar-refractivity contribution in [3.63, 3.8) is 0 Å². The number of para-hydroxylation sites is 2. The van der Waals surface area contributed by atoms with E-state index in [1.54, 1.807) is 0 Å². The maximum Gasteiger partial charge on any atom is 0.186 e. The molecule has 0 saturated heterocycles. The van der Waals surface area contributed by atoms with Gasteiger partial charge in [-0.25, -0.2) is 4.99 Å². The molecule has 0 heterocycles. The molecule has 3 heteroatoms. The summed E-state index contributed by atoms with van der Waals surface area (Å²) in [6, 6.07) is 28.9. The summed E-state index contributed by atoms with van der Waals surface area (Å²) in [5, 5.41) is 0. The number of benzene rings is 3. The van der Waals surface area contributed by atoms with Gasteiger partial charge in [-0.1, -0.05) is 77.9 Å². The number of carbonyl (C=O) groups excluding carboxylic acids is 1. The highest BCUT2D eigenvalue weighted by Crippen LogP contribution is 2.38. The molecule has 0 amide bonds. The maximum atomic E-state index is 13.2. The van der Waals surface area contributed by atoms with Crippen LogP contribution >= 0.6 is 0 Å². The van der Waals surface area contributed by atoms with Crippen molar-refractivity contribution in [2.75, 3.05) is 4.90 Å². The smallest absolute Gasteiger partial charge is 0.186 e. The van der Waals surface area contributed by atoms with Crippen LogP contribution in [0.4, 0.5) is 22.7 Å². The molecule has 3 aromatic rings. The van der Waals surface area contributed by atoms with Crippen molar-refractivity contribution in [2.45, 2.75) is 41.5 Å². The van der Waals surface area contributed by atoms with Gasteiger partial charge in [0.15, 0.2) is 5.78 Å². The average Bonchev–Trinajstić information content (AvgIpc) is 2.81. The van der Waals surface area contributed by atoms with E-state index < -0.39 is 0 Å². The van der Waals surface area contributed by atoms with Gasteiger partial charge in [-0.3, -0.25) is 4.79 Å². The third kappa shape index (κ3) is 5.51. The number of carbonyl (C=O) groups is 1. The van der Waals surface area contributed by atoms with E-state index in [0.29, 0.717) is 0 Å². The Morgan fingerprint density at radius 3 is 1.37 bits per heavy atom. The number of aliphatic imine (C=N–C) groups is 1. The fraction of sp³-hybridized carbons (Fsp3) is 0.250. The number of allylic oxidation sites excluding steroid dienone is 4. The van der Waals surface area contributed by atoms with Crippen LogP contribution < -0.4 is 4.90 Å². The summed E-state index contributed by atoms with van der Waals surface area (Å²) >= 11 is 0. The molecule has 0 aromatic heterocycles. The standard InChI is InChI=1S/C32H34N2O/c1-31(2,3)28-21-24(22-29(30(28)35)32(4,5)6)33-23-17-19-27(20-18-23)34(25-13-9-7-10-14-25)26-15-11-8-12-16-26/h7-22H,1-6H3. The zero-order valence-electron chi connectivity index (χ0n) is 21.5. The Balaban J connectivity index is 1.73. The Labute approximate surface area is 209 Å². The molecule has 0 fully saturated rings. The minimum Gasteiger partial charge on any atom is -0.311 e. The third-order valence-electron chi connectivity index (χ3n) is 6.08. The van der Waals surface area contributed by atoms with Gasteiger partial charge in [-0.2, -0.15) is 0 Å². The lowest BCUT2D eigenvalue weighted by atomic mass is 9.72. The summed E-state index contributed by atoms with van der Waals surface area (Å²) in [5.41, 5.74) is 6.03. The molecule has 0 aliphatic heterocycles. The van der Waals surface area contributed by atoms with Crippen LogP contribution in [0.3, 0.4) is 0 Å². The topological polar surface area (TPSA) is 32.7 Å². The average molecular weight is 463 g/mol. The van der Waals surface area contributed by atoms with Gasteiger partial charge >= 0.3 is 0 Å². The van der Waals surface area contributed by atoms with E-state index in [9.17, 15) is 4.79 Å². The molecule has 0 saturated carbocycles. The Morgan fingerprint density at radius 1 is 0.571 bits per heavy atom. The van der Waals surface area contributed by atoms with E-state index in [4.69, 9.17) is 4.99 Å². The van der Waals surface area contributed by atoms with Crippen LogP contribution in [0.1, 0.15) is 41.5 Å². The number of Topliss-reactive ketones (excluding diaryl/α,β-unsaturated/α-hetero) is 1. The Hall–Kier alpha value is -3.72. The molecule has 1 aliphatic rings. The summed E-state index contributed by atoms with van der Waals surface area (Å²) < 4.78 is 0. The first-order valence-electron chi connectivity index (χ1n) is 12.1. The molecule has 0 atom stereocenters. The molecule has 0 spiro atoms. The fourth-order valence-electron chi connectivity index (χ4n) is 4.22. The SMILES string of the molecule is CC(C)(C)C1=CC(=Nc2ccc(N(c3ccccc3)c3ccccc3)cc2)C=C(C(C)(C)C)C1=O. The maximum absolute atomic E-state index is 13.2. The number of rotatable bonds is 4. The number of hydrogen-bond donors (Lipinski definition) is 0. The Morgan fingerprint density at radius 2 is 0.971 bits per heavy atom. The number of nitrogens with zero attached hydrogens (tertiary/aromatic N) is 2. The second-order valence-electron chi connectivity index (χ2n) is 11.0. The molecule has 4 rings (SSSR count). The van der Waals surface area contributed by atoms with Gasteiger partial charge < -0.3 is 4.90 Å². The minimum atomic E-state index is -0.252. The molecular weight excluding hydrogens is 428 g/mol. The molecule has 0 bridgehead atoms. The lowest BCUT2D eigenvalue weighted by Crippen LogP contribution is -2.29. The second kappa shape index (κ2) is 9.50. The summed E-state index contributed by atoms with van der Waals surface area (Å²) in [6.45, 7) is 12.5. The van der Waals surface area contributed by atoms with Gasteiger partial charge in [0, 0.05) is 28.2 Å². The molecular formula is C32H34N2O. The van der Waals surface area contributed by atoms with Crippen LogP contribution in [0.25, 0.3) is 0 Å². The van der Waals surface area contributed by atoms with E-state index in [-0.39, 0.29) is 16.6 Å². The molecule has 35 heavy (non-hydrogen) atoms. The number of ketones is 1. The van der Waals surface area contributed by atoms with Crippen LogP contribution in [-0.4, -0.2) is 11.5 Å². The largest absolute Gasteiger partial charge is 0.311 e. The van der Waals surface area contributed by atoms with Crippen molar-refractivity contribution >= 4 is 34.2 Å². The lowest BCUT2D eigenvalue weighted by Gasteiger charge is -2.31. The van der Waals surface area contributed by atoms with Gasteiger partial charge in [0.2, 0.25) is 0 Å². The van der Waals surface area contributed by atoms with Gasteiger partial charge in [0.05, 0.1) is 11.4 Å². The first-order chi connectivity index (χ1) is 16.5. The molecule has 0 N–H and O–H groups in total. The third-order valence-corrected chi connectivity index (χ3v) is 6.08. The van der Waals surface area contributed by atoms with Gasteiger partial charge in [0.25, 0.3) is 0 Å². The van der Waals surface area contributed by atoms with Crippen LogP contribution in [0.15, 0.2) is 113 Å². The van der Waals surface area contributed by atoms with Crippen LogP contribution in [0.2, 0.25) is 0 Å². The first-order valence-corrected chi connectivity index (χ1v) is 12.1. The van der Waals surface area contributed by atoms with Gasteiger partial charge in [-0.05, 0) is 71.5 Å². The quantitative estimate of drug-likeness (QED) is 0.363. The minimum absolute atomic E-state index is 0.126. The van der Waals surface area contributed by atoms with E-state index in [1.165, 1.54) is 0 Å². The summed E-state index contributed by atoms with van der Waals surface area (Å²) in [6.07, 6.45) is 3.90. The van der Waals surface area contributed by atoms with Gasteiger partial charge in [0.1, 0.15) is 0 Å². The van der Waals surface area contributed by atoms with E-state index in [2.05, 4.69) is 82.8 Å². The first kappa shape index (κ1) is 24.4. The lowest BCUT2D eigenvalue weighted by molar-refractivity contribution is -0.114. The van der Waals surface area contributed by atoms with Crippen molar-refractivity contribution in [3.05, 3.63) is 108 Å². The van der Waals surface area contributed by atoms with E-state index in [1.807, 2.05) is 60.7 Å². The molecule has 1 aliphatic carbocycles. The predicted octanol–water partition coefficient (Wildman–Crippen LogP) is 8.76. The van der Waals surface area contributed by atoms with Crippen molar-refractivity contribution in [3.8, 4) is 0 Å². The number of anilines is 3. The van der Waals surface area contributed by atoms with Crippen molar-refractivity contribution in [2.24, 2.45) is 15.8 Å². The van der Waals surface area contributed by atoms with E-state index in [0.717, 1.165) is 39.6 Å².